The molecule has 1 atom stereocenters. The number of hydrogen-bond acceptors (Lipinski definition) is 1. The van der Waals surface area contributed by atoms with Gasteiger partial charge in [0, 0.05) is 16.3 Å². The van der Waals surface area contributed by atoms with Crippen molar-refractivity contribution in [3.63, 3.8) is 0 Å². The molecule has 0 aromatic heterocycles. The zero-order valence-electron chi connectivity index (χ0n) is 16.5. The van der Waals surface area contributed by atoms with E-state index < -0.39 is 30.4 Å². The monoisotopic (exact) mass is 444 g/mol. The van der Waals surface area contributed by atoms with Crippen molar-refractivity contribution in [3.05, 3.63) is 100 Å². The number of halogens is 4. The largest absolute Gasteiger partial charge is 0.323 e. The second kappa shape index (κ2) is 8.63. The molecule has 3 nitrogen and oxygen atoms in total. The molecule has 2 amide bonds. The second-order valence-electron chi connectivity index (χ2n) is 7.47. The second-order valence-corrected chi connectivity index (χ2v) is 7.91. The highest BCUT2D eigenvalue weighted by Crippen LogP contribution is 2.47. The molecule has 1 N–H and O–H groups in total. The van der Waals surface area contributed by atoms with E-state index in [-0.39, 0.29) is 6.42 Å². The molecule has 7 heteroatoms. The summed E-state index contributed by atoms with van der Waals surface area (Å²) >= 11 is 5.98. The lowest BCUT2D eigenvalue weighted by Crippen LogP contribution is -2.57. The normalized spacial score (nSPS) is 18.1. The summed E-state index contributed by atoms with van der Waals surface area (Å²) in [5.41, 5.74) is 1.17. The first-order valence-corrected chi connectivity index (χ1v) is 10.2. The maximum atomic E-state index is 14.4. The highest BCUT2D eigenvalue weighted by molar-refractivity contribution is 6.30. The number of aryl methyl sites for hydroxylation is 1. The van der Waals surface area contributed by atoms with Crippen LogP contribution in [0.5, 0.6) is 0 Å². The highest BCUT2D eigenvalue weighted by atomic mass is 35.5. The number of carbonyl (C=O) groups excluding carboxylic acids is 1. The minimum Gasteiger partial charge on any atom is -0.307 e. The molecule has 0 saturated heterocycles. The standard InChI is InChI=1S/C24H20ClF3N2O/c25-18-8-6-16(7-9-18)12-13-24(17-4-2-1-3-5-17)20-14-19(26)10-11-21(20)29-23(31)30(24)15-22(27)28/h1-11,14,22H,12-13,15H2,(H,29,31). The predicted octanol–water partition coefficient (Wildman–Crippen LogP) is 6.47. The van der Waals surface area contributed by atoms with Crippen molar-refractivity contribution >= 4 is 23.3 Å². The smallest absolute Gasteiger partial charge is 0.307 e. The molecule has 160 valence electrons. The maximum Gasteiger partial charge on any atom is 0.323 e. The zero-order chi connectivity index (χ0) is 22.0. The topological polar surface area (TPSA) is 32.3 Å². The van der Waals surface area contributed by atoms with Gasteiger partial charge in [-0.25, -0.2) is 18.0 Å². The Morgan fingerprint density at radius 2 is 1.71 bits per heavy atom. The van der Waals surface area contributed by atoms with Crippen LogP contribution >= 0.6 is 11.6 Å². The number of carbonyl (C=O) groups is 1. The van der Waals surface area contributed by atoms with Crippen LogP contribution in [0.3, 0.4) is 0 Å². The van der Waals surface area contributed by atoms with Gasteiger partial charge in [-0.2, -0.15) is 0 Å². The molecule has 1 heterocycles. The molecule has 0 spiro atoms. The molecule has 0 aliphatic carbocycles. The van der Waals surface area contributed by atoms with Crippen molar-refractivity contribution in [3.8, 4) is 0 Å². The van der Waals surface area contributed by atoms with E-state index in [1.165, 1.54) is 18.2 Å². The van der Waals surface area contributed by atoms with Crippen molar-refractivity contribution in [1.82, 2.24) is 4.90 Å². The summed E-state index contributed by atoms with van der Waals surface area (Å²) in [7, 11) is 0. The van der Waals surface area contributed by atoms with Gasteiger partial charge < -0.3 is 10.2 Å². The highest BCUT2D eigenvalue weighted by Gasteiger charge is 2.48. The summed E-state index contributed by atoms with van der Waals surface area (Å²) in [4.78, 5) is 14.1. The van der Waals surface area contributed by atoms with Crippen LogP contribution in [0.4, 0.5) is 23.7 Å². The van der Waals surface area contributed by atoms with E-state index in [9.17, 15) is 18.0 Å². The average molecular weight is 445 g/mol. The van der Waals surface area contributed by atoms with Gasteiger partial charge in [0.2, 0.25) is 0 Å². The predicted molar refractivity (Wildman–Crippen MR) is 115 cm³/mol. The maximum absolute atomic E-state index is 14.4. The van der Waals surface area contributed by atoms with Crippen molar-refractivity contribution in [2.24, 2.45) is 0 Å². The van der Waals surface area contributed by atoms with Gasteiger partial charge in [0.25, 0.3) is 6.43 Å². The Labute approximate surface area is 183 Å². The number of urea groups is 1. The number of amides is 2. The molecule has 3 aromatic carbocycles. The molecule has 1 unspecified atom stereocenters. The Morgan fingerprint density at radius 1 is 1.00 bits per heavy atom. The lowest BCUT2D eigenvalue weighted by atomic mass is 9.75. The summed E-state index contributed by atoms with van der Waals surface area (Å²) in [6, 6.07) is 19.6. The van der Waals surface area contributed by atoms with Crippen molar-refractivity contribution in [2.75, 3.05) is 11.9 Å². The van der Waals surface area contributed by atoms with Crippen molar-refractivity contribution in [2.45, 2.75) is 24.8 Å². The fraction of sp³-hybridized carbons (Fsp3) is 0.208. The molecule has 3 aromatic rings. The average Bonchev–Trinajstić information content (AvgIpc) is 2.76. The molecule has 0 fully saturated rings. The quantitative estimate of drug-likeness (QED) is 0.464. The van der Waals surface area contributed by atoms with Crippen LogP contribution in [0.2, 0.25) is 5.02 Å². The minimum absolute atomic E-state index is 0.287. The summed E-state index contributed by atoms with van der Waals surface area (Å²) < 4.78 is 41.6. The third-order valence-corrected chi connectivity index (χ3v) is 5.89. The van der Waals surface area contributed by atoms with Crippen LogP contribution in [0.1, 0.15) is 23.1 Å². The lowest BCUT2D eigenvalue weighted by Gasteiger charge is -2.48. The Bertz CT molecular complexity index is 1080. The van der Waals surface area contributed by atoms with Gasteiger partial charge in [0.15, 0.2) is 0 Å². The van der Waals surface area contributed by atoms with E-state index in [4.69, 9.17) is 11.6 Å². The molecule has 1 aliphatic rings. The first-order chi connectivity index (χ1) is 14.9. The summed E-state index contributed by atoms with van der Waals surface area (Å²) in [6.07, 6.45) is -2.00. The van der Waals surface area contributed by atoms with E-state index in [1.807, 2.05) is 18.2 Å². The first kappa shape index (κ1) is 21.2. The van der Waals surface area contributed by atoms with Gasteiger partial charge in [0.1, 0.15) is 5.82 Å². The van der Waals surface area contributed by atoms with Crippen LogP contribution < -0.4 is 5.32 Å². The van der Waals surface area contributed by atoms with E-state index in [0.29, 0.717) is 28.3 Å². The molecular weight excluding hydrogens is 425 g/mol. The van der Waals surface area contributed by atoms with Gasteiger partial charge in [-0.1, -0.05) is 54.1 Å². The number of anilines is 1. The Hall–Kier alpha value is -2.99. The van der Waals surface area contributed by atoms with Gasteiger partial charge in [-0.05, 0) is 54.3 Å². The molecule has 0 radical (unpaired) electrons. The minimum atomic E-state index is -2.75. The summed E-state index contributed by atoms with van der Waals surface area (Å²) in [5.74, 6) is -0.501. The van der Waals surface area contributed by atoms with Crippen molar-refractivity contribution < 1.29 is 18.0 Å². The van der Waals surface area contributed by atoms with Crippen LogP contribution in [-0.4, -0.2) is 23.9 Å². The third-order valence-electron chi connectivity index (χ3n) is 5.64. The molecule has 31 heavy (non-hydrogen) atoms. The Kier molecular flexibility index (Phi) is 5.92. The lowest BCUT2D eigenvalue weighted by molar-refractivity contribution is 0.0556. The molecule has 0 bridgehead atoms. The van der Waals surface area contributed by atoms with E-state index >= 15 is 0 Å². The van der Waals surface area contributed by atoms with E-state index in [0.717, 1.165) is 10.5 Å². The fourth-order valence-electron chi connectivity index (χ4n) is 4.26. The van der Waals surface area contributed by atoms with Gasteiger partial charge >= 0.3 is 6.03 Å². The number of hydrogen-bond donors (Lipinski definition) is 1. The number of benzene rings is 3. The molecule has 4 rings (SSSR count). The number of fused-ring (bicyclic) bond motifs is 1. The van der Waals surface area contributed by atoms with Gasteiger partial charge in [0.05, 0.1) is 12.1 Å². The number of nitrogens with one attached hydrogen (secondary N) is 1. The van der Waals surface area contributed by atoms with Crippen LogP contribution in [-0.2, 0) is 12.0 Å². The Morgan fingerprint density at radius 3 is 2.39 bits per heavy atom. The third kappa shape index (κ3) is 4.12. The van der Waals surface area contributed by atoms with Gasteiger partial charge in [-0.15, -0.1) is 0 Å². The molecule has 0 saturated carbocycles. The summed E-state index contributed by atoms with van der Waals surface area (Å²) in [6.45, 7) is -0.780. The fourth-order valence-corrected chi connectivity index (χ4v) is 4.39. The Balaban J connectivity index is 1.91. The number of alkyl halides is 2. The first-order valence-electron chi connectivity index (χ1n) is 9.87. The van der Waals surface area contributed by atoms with Crippen molar-refractivity contribution in [1.29, 1.82) is 0 Å². The van der Waals surface area contributed by atoms with Crippen LogP contribution in [0.25, 0.3) is 0 Å². The van der Waals surface area contributed by atoms with Crippen LogP contribution in [0, 0.1) is 5.82 Å². The van der Waals surface area contributed by atoms with E-state index in [1.54, 1.807) is 36.4 Å². The SMILES string of the molecule is O=C1Nc2ccc(F)cc2C(CCc2ccc(Cl)cc2)(c2ccccc2)N1CC(F)F. The molecule has 1 aliphatic heterocycles. The zero-order valence-corrected chi connectivity index (χ0v) is 17.3. The molecular formula is C24H20ClF3N2O. The van der Waals surface area contributed by atoms with E-state index in [2.05, 4.69) is 5.32 Å². The summed E-state index contributed by atoms with van der Waals surface area (Å²) in [5, 5.41) is 3.23. The van der Waals surface area contributed by atoms with Gasteiger partial charge in [-0.3, -0.25) is 0 Å². The number of rotatable bonds is 6. The van der Waals surface area contributed by atoms with Crippen LogP contribution in [0.15, 0.2) is 72.8 Å². The number of nitrogens with zero attached hydrogens (tertiary/aromatic N) is 1.